The van der Waals surface area contributed by atoms with Crippen LogP contribution in [0.1, 0.15) is 13.3 Å². The van der Waals surface area contributed by atoms with Crippen LogP contribution in [0.15, 0.2) is 10.6 Å². The van der Waals surface area contributed by atoms with E-state index >= 15 is 0 Å². The minimum absolute atomic E-state index is 0.0393. The van der Waals surface area contributed by atoms with Crippen molar-refractivity contribution in [2.24, 2.45) is 11.0 Å². The fraction of sp³-hybridized carbons (Fsp3) is 0.545. The summed E-state index contributed by atoms with van der Waals surface area (Å²) in [5.41, 5.74) is 1.80. The number of carbonyl (C=O) groups excluding carboxylic acids is 2. The quantitative estimate of drug-likeness (QED) is 0.738. The predicted molar refractivity (Wildman–Crippen MR) is 79.0 cm³/mol. The average molecular weight is 343 g/mol. The second-order valence-corrected chi connectivity index (χ2v) is 8.21. The van der Waals surface area contributed by atoms with Gasteiger partial charge in [0.15, 0.2) is 15.8 Å². The molecule has 2 aliphatic heterocycles. The van der Waals surface area contributed by atoms with Gasteiger partial charge < -0.3 is 0 Å². The third-order valence-electron chi connectivity index (χ3n) is 3.56. The molecule has 0 radical (unpaired) electrons. The zero-order chi connectivity index (χ0) is 15.9. The van der Waals surface area contributed by atoms with Gasteiger partial charge in [0, 0.05) is 0 Å². The highest BCUT2D eigenvalue weighted by Crippen LogP contribution is 2.26. The Balaban J connectivity index is 1.74. The highest BCUT2D eigenvalue weighted by Gasteiger charge is 2.44. The van der Waals surface area contributed by atoms with Crippen LogP contribution in [0.2, 0.25) is 0 Å². The van der Waals surface area contributed by atoms with Crippen LogP contribution in [0.5, 0.6) is 0 Å². The van der Waals surface area contributed by atoms with Crippen LogP contribution >= 0.6 is 11.3 Å². The van der Waals surface area contributed by atoms with E-state index in [1.807, 2.05) is 0 Å². The van der Waals surface area contributed by atoms with E-state index < -0.39 is 33.6 Å². The number of hydrogen-bond donors (Lipinski definition) is 1. The number of anilines is 1. The van der Waals surface area contributed by atoms with E-state index in [1.54, 1.807) is 6.92 Å². The highest BCUT2D eigenvalue weighted by atomic mass is 32.2. The zero-order valence-corrected chi connectivity index (χ0v) is 13.2. The van der Waals surface area contributed by atoms with Gasteiger partial charge >= 0.3 is 0 Å². The molecule has 11 heteroatoms. The number of nitrogens with zero attached hydrogens (tertiary/aromatic N) is 4. The Morgan fingerprint density at radius 3 is 2.86 bits per heavy atom. The molecule has 3 rings (SSSR count). The monoisotopic (exact) mass is 343 g/mol. The van der Waals surface area contributed by atoms with Crippen molar-refractivity contribution < 1.29 is 18.0 Å². The van der Waals surface area contributed by atoms with E-state index in [-0.39, 0.29) is 11.5 Å². The first-order valence-electron chi connectivity index (χ1n) is 6.53. The summed E-state index contributed by atoms with van der Waals surface area (Å²) in [4.78, 5) is 24.6. The molecule has 22 heavy (non-hydrogen) atoms. The largest absolute Gasteiger partial charge is 0.299 e. The maximum atomic E-state index is 12.4. The van der Waals surface area contributed by atoms with Crippen molar-refractivity contribution in [3.63, 3.8) is 0 Å². The van der Waals surface area contributed by atoms with Crippen LogP contribution in [0, 0.1) is 5.92 Å². The van der Waals surface area contributed by atoms with Crippen molar-refractivity contribution in [3.05, 3.63) is 5.51 Å². The van der Waals surface area contributed by atoms with Crippen molar-refractivity contribution >= 4 is 43.8 Å². The van der Waals surface area contributed by atoms with Crippen LogP contribution in [0.25, 0.3) is 0 Å². The smallest absolute Gasteiger partial charge is 0.261 e. The van der Waals surface area contributed by atoms with Crippen molar-refractivity contribution in [1.29, 1.82) is 0 Å². The van der Waals surface area contributed by atoms with Gasteiger partial charge in [0.2, 0.25) is 11.0 Å². The van der Waals surface area contributed by atoms with Crippen LogP contribution < -0.4 is 5.32 Å². The van der Waals surface area contributed by atoms with Gasteiger partial charge in [0.05, 0.1) is 23.3 Å². The molecule has 1 aromatic heterocycles. The van der Waals surface area contributed by atoms with Gasteiger partial charge in [-0.15, -0.1) is 10.2 Å². The number of nitrogens with one attached hydrogen (secondary N) is 1. The standard InChI is InChI=1S/C11H13N5O4S2/c1-6-8(9(17)13-11-14-12-5-21-11)10(18)16(15-6)7-2-3-22(19,20)4-7/h5,7-8H,2-4H2,1H3,(H,13,14,17)/t7-,8-/m0/s1. The number of amides is 2. The molecule has 0 unspecified atom stereocenters. The van der Waals surface area contributed by atoms with Crippen molar-refractivity contribution in [2.45, 2.75) is 19.4 Å². The molecule has 0 aromatic carbocycles. The third kappa shape index (κ3) is 2.73. The Labute approximate surface area is 130 Å². The van der Waals surface area contributed by atoms with Crippen molar-refractivity contribution in [3.8, 4) is 0 Å². The molecule has 9 nitrogen and oxygen atoms in total. The summed E-state index contributed by atoms with van der Waals surface area (Å²) in [5, 5.41) is 15.3. The lowest BCUT2D eigenvalue weighted by Crippen LogP contribution is -2.40. The number of sulfone groups is 1. The number of aromatic nitrogens is 2. The summed E-state index contributed by atoms with van der Waals surface area (Å²) in [6.45, 7) is 1.58. The fourth-order valence-corrected chi connectivity index (χ4v) is 4.66. The molecule has 1 saturated heterocycles. The maximum Gasteiger partial charge on any atom is 0.261 e. The number of rotatable bonds is 3. The van der Waals surface area contributed by atoms with E-state index in [2.05, 4.69) is 20.6 Å². The molecular weight excluding hydrogens is 330 g/mol. The van der Waals surface area contributed by atoms with E-state index in [1.165, 1.54) is 5.51 Å². The second-order valence-electron chi connectivity index (χ2n) is 5.15. The molecule has 0 aliphatic carbocycles. The average Bonchev–Trinajstić information content (AvgIpc) is 3.10. The summed E-state index contributed by atoms with van der Waals surface area (Å²) in [6, 6.07) is -0.494. The van der Waals surface area contributed by atoms with Gasteiger partial charge in [0.1, 0.15) is 5.51 Å². The Bertz CT molecular complexity index is 743. The molecule has 1 aromatic rings. The zero-order valence-electron chi connectivity index (χ0n) is 11.6. The topological polar surface area (TPSA) is 122 Å². The summed E-state index contributed by atoms with van der Waals surface area (Å²) in [5.74, 6) is -2.15. The first-order valence-corrected chi connectivity index (χ1v) is 9.23. The predicted octanol–water partition coefficient (Wildman–Crippen LogP) is -0.502. The summed E-state index contributed by atoms with van der Waals surface area (Å²) >= 11 is 1.14. The summed E-state index contributed by atoms with van der Waals surface area (Å²) in [6.07, 6.45) is 0.343. The highest BCUT2D eigenvalue weighted by molar-refractivity contribution is 7.91. The normalized spacial score (nSPS) is 27.0. The van der Waals surface area contributed by atoms with Crippen LogP contribution in [0.4, 0.5) is 5.13 Å². The Morgan fingerprint density at radius 1 is 1.50 bits per heavy atom. The van der Waals surface area contributed by atoms with Gasteiger partial charge in [-0.3, -0.25) is 14.9 Å². The van der Waals surface area contributed by atoms with Crippen LogP contribution in [-0.4, -0.2) is 58.7 Å². The van der Waals surface area contributed by atoms with Gasteiger partial charge in [-0.25, -0.2) is 13.4 Å². The van der Waals surface area contributed by atoms with Gasteiger partial charge in [-0.05, 0) is 13.3 Å². The summed E-state index contributed by atoms with van der Waals surface area (Å²) in [7, 11) is -3.13. The Hall–Kier alpha value is -1.88. The SMILES string of the molecule is CC1=NN([C@H]2CCS(=O)(=O)C2)C(=O)[C@@H]1C(=O)Nc1nncs1. The lowest BCUT2D eigenvalue weighted by atomic mass is 10.0. The van der Waals surface area contributed by atoms with E-state index in [0.717, 1.165) is 16.3 Å². The lowest BCUT2D eigenvalue weighted by Gasteiger charge is -2.19. The molecule has 2 aliphatic rings. The second kappa shape index (κ2) is 5.39. The van der Waals surface area contributed by atoms with E-state index in [9.17, 15) is 18.0 Å². The molecule has 0 bridgehead atoms. The Kier molecular flexibility index (Phi) is 3.68. The number of hydrazone groups is 1. The molecule has 1 fully saturated rings. The van der Waals surface area contributed by atoms with Gasteiger partial charge in [-0.1, -0.05) is 11.3 Å². The minimum Gasteiger partial charge on any atom is -0.299 e. The molecule has 3 heterocycles. The van der Waals surface area contributed by atoms with E-state index in [4.69, 9.17) is 0 Å². The first-order chi connectivity index (χ1) is 10.4. The fourth-order valence-electron chi connectivity index (χ4n) is 2.52. The maximum absolute atomic E-state index is 12.4. The number of hydrogen-bond acceptors (Lipinski definition) is 8. The van der Waals surface area contributed by atoms with Crippen LogP contribution in [-0.2, 0) is 19.4 Å². The van der Waals surface area contributed by atoms with Gasteiger partial charge in [-0.2, -0.15) is 5.10 Å². The molecule has 0 saturated carbocycles. The molecule has 2 atom stereocenters. The van der Waals surface area contributed by atoms with E-state index in [0.29, 0.717) is 17.3 Å². The number of carbonyl (C=O) groups is 2. The lowest BCUT2D eigenvalue weighted by molar-refractivity contribution is -0.137. The minimum atomic E-state index is -3.13. The summed E-state index contributed by atoms with van der Waals surface area (Å²) < 4.78 is 23.1. The van der Waals surface area contributed by atoms with Crippen molar-refractivity contribution in [1.82, 2.24) is 15.2 Å². The van der Waals surface area contributed by atoms with Crippen LogP contribution in [0.3, 0.4) is 0 Å². The van der Waals surface area contributed by atoms with Gasteiger partial charge in [0.25, 0.3) is 5.91 Å². The molecule has 1 N–H and O–H groups in total. The molecule has 0 spiro atoms. The molecule has 2 amide bonds. The molecular formula is C11H13N5O4S2. The first kappa shape index (κ1) is 15.0. The third-order valence-corrected chi connectivity index (χ3v) is 5.92. The van der Waals surface area contributed by atoms with Crippen molar-refractivity contribution in [2.75, 3.05) is 16.8 Å². The Morgan fingerprint density at radius 2 is 2.27 bits per heavy atom. The molecule has 118 valence electrons.